The number of H-pyrrole nitrogens is 1. The topological polar surface area (TPSA) is 70.9 Å². The van der Waals surface area contributed by atoms with Gasteiger partial charge in [0.1, 0.15) is 18.5 Å². The van der Waals surface area contributed by atoms with Crippen LogP contribution in [0.3, 0.4) is 0 Å². The van der Waals surface area contributed by atoms with E-state index in [1.165, 1.54) is 0 Å². The minimum atomic E-state index is 0.164. The summed E-state index contributed by atoms with van der Waals surface area (Å²) in [5, 5.41) is 9.55. The number of imidazole rings is 1. The van der Waals surface area contributed by atoms with E-state index in [1.807, 2.05) is 43.3 Å². The van der Waals surface area contributed by atoms with Crippen molar-refractivity contribution in [2.24, 2.45) is 0 Å². The van der Waals surface area contributed by atoms with Gasteiger partial charge >= 0.3 is 0 Å². The number of aromatic amines is 1. The van der Waals surface area contributed by atoms with Gasteiger partial charge in [-0.05, 0) is 42.8 Å². The fourth-order valence-corrected chi connectivity index (χ4v) is 2.52. The summed E-state index contributed by atoms with van der Waals surface area (Å²) in [6.45, 7) is 2.55. The molecule has 2 aromatic carbocycles. The maximum absolute atomic E-state index is 9.55. The Morgan fingerprint density at radius 2 is 2.08 bits per heavy atom. The van der Waals surface area contributed by atoms with E-state index >= 15 is 0 Å². The third-order valence-corrected chi connectivity index (χ3v) is 3.65. The fraction of sp³-hybridized carbons (Fsp3) is 0.143. The van der Waals surface area contributed by atoms with Crippen LogP contribution in [-0.4, -0.2) is 23.2 Å². The molecule has 3 rings (SSSR count). The first-order valence-corrected chi connectivity index (χ1v) is 8.15. The molecule has 0 aliphatic carbocycles. The minimum Gasteiger partial charge on any atom is -0.490 e. The summed E-state index contributed by atoms with van der Waals surface area (Å²) in [5.74, 6) is 4.11. The van der Waals surface area contributed by atoms with E-state index < -0.39 is 0 Å². The van der Waals surface area contributed by atoms with E-state index in [1.54, 1.807) is 12.1 Å². The van der Waals surface area contributed by atoms with Crippen LogP contribution in [0.1, 0.15) is 18.3 Å². The summed E-state index contributed by atoms with van der Waals surface area (Å²) in [7, 11) is 0. The first kappa shape index (κ1) is 17.1. The van der Waals surface area contributed by atoms with Crippen LogP contribution in [0.15, 0.2) is 42.5 Å². The Kier molecular flexibility index (Phi) is 5.22. The summed E-state index contributed by atoms with van der Waals surface area (Å²) < 4.78 is 11.1. The smallest absolute Gasteiger partial charge is 0.162 e. The van der Waals surface area contributed by atoms with Crippen LogP contribution in [0, 0.1) is 23.7 Å². The van der Waals surface area contributed by atoms with E-state index in [4.69, 9.17) is 15.9 Å². The second-order valence-corrected chi connectivity index (χ2v) is 5.40. The lowest BCUT2D eigenvalue weighted by Crippen LogP contribution is -1.99. The van der Waals surface area contributed by atoms with Crippen molar-refractivity contribution in [2.45, 2.75) is 6.92 Å². The maximum Gasteiger partial charge on any atom is 0.162 e. The number of terminal acetylenes is 1. The predicted octanol–water partition coefficient (Wildman–Crippen LogP) is 4.04. The molecule has 5 heteroatoms. The molecule has 0 saturated carbocycles. The fourth-order valence-electron chi connectivity index (χ4n) is 2.52. The summed E-state index contributed by atoms with van der Waals surface area (Å²) in [6.07, 6.45) is 6.99. The van der Waals surface area contributed by atoms with Gasteiger partial charge in [-0.2, -0.15) is 5.26 Å². The van der Waals surface area contributed by atoms with Gasteiger partial charge < -0.3 is 14.5 Å². The van der Waals surface area contributed by atoms with Crippen LogP contribution in [0.25, 0.3) is 22.7 Å². The molecule has 0 amide bonds. The Morgan fingerprint density at radius 3 is 2.81 bits per heavy atom. The quantitative estimate of drug-likeness (QED) is 0.542. The number of nitrogens with one attached hydrogen (secondary N) is 1. The van der Waals surface area contributed by atoms with Crippen molar-refractivity contribution in [1.82, 2.24) is 9.97 Å². The molecular formula is C21H17N3O2. The Bertz CT molecular complexity index is 1000. The third-order valence-electron chi connectivity index (χ3n) is 3.65. The molecule has 0 bridgehead atoms. The summed E-state index contributed by atoms with van der Waals surface area (Å²) in [6, 6.07) is 15.3. The number of benzene rings is 2. The number of fused-ring (bicyclic) bond motifs is 1. The standard InChI is InChI=1S/C21H17N3O2/c1-3-11-26-19-10-9-15(13-20(19)25-4-2)12-16(14-22)21-23-17-7-5-6-8-18(17)24-21/h1,5-10,12-13H,4,11H2,2H3,(H,23,24)/b16-12+. The number of nitrogens with zero attached hydrogens (tertiary/aromatic N) is 2. The monoisotopic (exact) mass is 343 g/mol. The number of aromatic nitrogens is 2. The first-order chi connectivity index (χ1) is 12.7. The minimum absolute atomic E-state index is 0.164. The Hall–Kier alpha value is -3.70. The van der Waals surface area contributed by atoms with Gasteiger partial charge in [-0.1, -0.05) is 24.1 Å². The predicted molar refractivity (Wildman–Crippen MR) is 102 cm³/mol. The molecule has 0 aliphatic heterocycles. The van der Waals surface area contributed by atoms with Crippen molar-refractivity contribution in [2.75, 3.05) is 13.2 Å². The molecule has 0 saturated heterocycles. The zero-order valence-electron chi connectivity index (χ0n) is 14.3. The first-order valence-electron chi connectivity index (χ1n) is 8.15. The van der Waals surface area contributed by atoms with Crippen LogP contribution < -0.4 is 9.47 Å². The number of rotatable bonds is 6. The molecule has 128 valence electrons. The van der Waals surface area contributed by atoms with Gasteiger partial charge in [0.05, 0.1) is 23.2 Å². The molecule has 1 N–H and O–H groups in total. The lowest BCUT2D eigenvalue weighted by atomic mass is 10.1. The Labute approximate surface area is 151 Å². The molecule has 0 spiro atoms. The van der Waals surface area contributed by atoms with Crippen LogP contribution in [0.4, 0.5) is 0 Å². The van der Waals surface area contributed by atoms with Crippen molar-refractivity contribution in [1.29, 1.82) is 5.26 Å². The number of ether oxygens (including phenoxy) is 2. The highest BCUT2D eigenvalue weighted by molar-refractivity contribution is 5.90. The maximum atomic E-state index is 9.55. The van der Waals surface area contributed by atoms with Gasteiger partial charge in [0.15, 0.2) is 11.5 Å². The van der Waals surface area contributed by atoms with Gasteiger partial charge in [0.2, 0.25) is 0 Å². The van der Waals surface area contributed by atoms with E-state index in [-0.39, 0.29) is 6.61 Å². The number of hydrogen-bond acceptors (Lipinski definition) is 4. The normalized spacial score (nSPS) is 11.0. The van der Waals surface area contributed by atoms with Crippen molar-refractivity contribution in [3.05, 3.63) is 53.9 Å². The van der Waals surface area contributed by atoms with Gasteiger partial charge in [-0.3, -0.25) is 0 Å². The van der Waals surface area contributed by atoms with Crippen LogP contribution >= 0.6 is 0 Å². The Balaban J connectivity index is 1.97. The average molecular weight is 343 g/mol. The van der Waals surface area contributed by atoms with Crippen LogP contribution in [0.2, 0.25) is 0 Å². The number of allylic oxidation sites excluding steroid dienone is 1. The largest absolute Gasteiger partial charge is 0.490 e. The third kappa shape index (κ3) is 3.68. The number of nitriles is 1. The molecule has 0 fully saturated rings. The van der Waals surface area contributed by atoms with Crippen molar-refractivity contribution >= 4 is 22.7 Å². The van der Waals surface area contributed by atoms with Gasteiger partial charge in [-0.25, -0.2) is 4.98 Å². The number of para-hydroxylation sites is 2. The van der Waals surface area contributed by atoms with E-state index in [0.29, 0.717) is 29.5 Å². The summed E-state index contributed by atoms with van der Waals surface area (Å²) in [5.41, 5.74) is 2.94. The van der Waals surface area contributed by atoms with Crippen LogP contribution in [0.5, 0.6) is 11.5 Å². The molecule has 5 nitrogen and oxygen atoms in total. The van der Waals surface area contributed by atoms with E-state index in [0.717, 1.165) is 16.6 Å². The van der Waals surface area contributed by atoms with Gasteiger partial charge in [0.25, 0.3) is 0 Å². The second kappa shape index (κ2) is 7.92. The molecule has 3 aromatic rings. The van der Waals surface area contributed by atoms with E-state index in [9.17, 15) is 5.26 Å². The highest BCUT2D eigenvalue weighted by Crippen LogP contribution is 2.30. The lowest BCUT2D eigenvalue weighted by Gasteiger charge is -2.11. The van der Waals surface area contributed by atoms with Gasteiger partial charge in [-0.15, -0.1) is 6.42 Å². The molecule has 26 heavy (non-hydrogen) atoms. The average Bonchev–Trinajstić information content (AvgIpc) is 3.09. The SMILES string of the molecule is C#CCOc1ccc(/C=C(\C#N)c2nc3ccccc3[nH]2)cc1OCC. The summed E-state index contributed by atoms with van der Waals surface area (Å²) >= 11 is 0. The molecular weight excluding hydrogens is 326 g/mol. The highest BCUT2D eigenvalue weighted by Gasteiger charge is 2.10. The number of hydrogen-bond donors (Lipinski definition) is 1. The van der Waals surface area contributed by atoms with Crippen LogP contribution in [-0.2, 0) is 0 Å². The molecule has 1 aromatic heterocycles. The van der Waals surface area contributed by atoms with Crippen molar-refractivity contribution in [3.63, 3.8) is 0 Å². The lowest BCUT2D eigenvalue weighted by molar-refractivity contribution is 0.299. The van der Waals surface area contributed by atoms with Crippen molar-refractivity contribution < 1.29 is 9.47 Å². The molecule has 0 radical (unpaired) electrons. The van der Waals surface area contributed by atoms with E-state index in [2.05, 4.69) is 22.0 Å². The molecule has 0 atom stereocenters. The zero-order chi connectivity index (χ0) is 18.4. The van der Waals surface area contributed by atoms with Crippen molar-refractivity contribution in [3.8, 4) is 29.9 Å². The molecule has 0 unspecified atom stereocenters. The highest BCUT2D eigenvalue weighted by atomic mass is 16.5. The second-order valence-electron chi connectivity index (χ2n) is 5.40. The molecule has 0 aliphatic rings. The summed E-state index contributed by atoms with van der Waals surface area (Å²) in [4.78, 5) is 7.64. The zero-order valence-corrected chi connectivity index (χ0v) is 14.3. The van der Waals surface area contributed by atoms with Gasteiger partial charge in [0, 0.05) is 0 Å². The Morgan fingerprint density at radius 1 is 1.23 bits per heavy atom. The molecule has 1 heterocycles.